The van der Waals surface area contributed by atoms with Crippen molar-refractivity contribution in [1.82, 2.24) is 5.32 Å². The van der Waals surface area contributed by atoms with Crippen LogP contribution in [0.3, 0.4) is 0 Å². The monoisotopic (exact) mass is 413 g/mol. The molecule has 0 aliphatic rings. The van der Waals surface area contributed by atoms with Crippen molar-refractivity contribution in [1.29, 1.82) is 0 Å². The Labute approximate surface area is 176 Å². The van der Waals surface area contributed by atoms with Crippen LogP contribution in [0.5, 0.6) is 23.0 Å². The summed E-state index contributed by atoms with van der Waals surface area (Å²) < 4.78 is 21.4. The maximum absolute atomic E-state index is 13.0. The second kappa shape index (κ2) is 10.9. The fourth-order valence-electron chi connectivity index (χ4n) is 3.03. The molecule has 0 unspecified atom stereocenters. The number of amides is 1. The number of ether oxygens (including phenoxy) is 4. The van der Waals surface area contributed by atoms with Gasteiger partial charge in [0.15, 0.2) is 28.8 Å². The summed E-state index contributed by atoms with van der Waals surface area (Å²) in [6, 6.07) is 8.84. The number of hydrogen-bond acceptors (Lipinski definition) is 6. The zero-order chi connectivity index (χ0) is 22.1. The third-order valence-electron chi connectivity index (χ3n) is 4.49. The molecule has 2 aromatic carbocycles. The van der Waals surface area contributed by atoms with Crippen LogP contribution in [-0.2, 0) is 11.2 Å². The predicted octanol–water partition coefficient (Wildman–Crippen LogP) is 3.30. The van der Waals surface area contributed by atoms with E-state index in [9.17, 15) is 9.59 Å². The van der Waals surface area contributed by atoms with E-state index in [-0.39, 0.29) is 11.7 Å². The third kappa shape index (κ3) is 5.53. The number of rotatable bonds is 10. The molecule has 0 radical (unpaired) electrons. The Morgan fingerprint density at radius 2 is 1.60 bits per heavy atom. The van der Waals surface area contributed by atoms with Crippen LogP contribution in [0.15, 0.2) is 36.4 Å². The lowest BCUT2D eigenvalue weighted by Gasteiger charge is -2.14. The zero-order valence-corrected chi connectivity index (χ0v) is 17.9. The molecule has 0 saturated carbocycles. The van der Waals surface area contributed by atoms with Crippen LogP contribution < -0.4 is 24.3 Å². The Bertz CT molecular complexity index is 936. The van der Waals surface area contributed by atoms with Gasteiger partial charge in [0.05, 0.1) is 28.4 Å². The van der Waals surface area contributed by atoms with E-state index in [4.69, 9.17) is 18.9 Å². The van der Waals surface area contributed by atoms with E-state index in [0.717, 1.165) is 5.56 Å². The van der Waals surface area contributed by atoms with Gasteiger partial charge in [0.25, 0.3) is 0 Å². The SMILES string of the molecule is COc1cc(CCNC(C)=O)c(C(=O)C=Cc2cccc(OC)c2OC)cc1OC. The van der Waals surface area contributed by atoms with Gasteiger partial charge >= 0.3 is 0 Å². The highest BCUT2D eigenvalue weighted by Gasteiger charge is 2.16. The minimum absolute atomic E-state index is 0.131. The lowest BCUT2D eigenvalue weighted by atomic mass is 9.98. The minimum Gasteiger partial charge on any atom is -0.493 e. The number of nitrogens with one attached hydrogen (secondary N) is 1. The topological polar surface area (TPSA) is 83.1 Å². The Kier molecular flexibility index (Phi) is 8.29. The molecule has 1 N–H and O–H groups in total. The lowest BCUT2D eigenvalue weighted by Crippen LogP contribution is -2.23. The molecule has 2 aromatic rings. The van der Waals surface area contributed by atoms with E-state index < -0.39 is 0 Å². The first-order chi connectivity index (χ1) is 14.4. The van der Waals surface area contributed by atoms with Crippen molar-refractivity contribution in [2.45, 2.75) is 13.3 Å². The number of allylic oxidation sites excluding steroid dienone is 1. The standard InChI is InChI=1S/C23H27NO6/c1-15(25)24-12-11-17-13-21(28-3)22(29-4)14-18(17)19(26)10-9-16-7-6-8-20(27-2)23(16)30-5/h6-10,13-14H,11-12H2,1-5H3,(H,24,25). The summed E-state index contributed by atoms with van der Waals surface area (Å²) >= 11 is 0. The Hall–Kier alpha value is -3.48. The smallest absolute Gasteiger partial charge is 0.216 e. The van der Waals surface area contributed by atoms with Gasteiger partial charge in [-0.15, -0.1) is 0 Å². The van der Waals surface area contributed by atoms with E-state index >= 15 is 0 Å². The van der Waals surface area contributed by atoms with Gasteiger partial charge in [-0.25, -0.2) is 0 Å². The van der Waals surface area contributed by atoms with Gasteiger partial charge < -0.3 is 24.3 Å². The average Bonchev–Trinajstić information content (AvgIpc) is 2.76. The number of hydrogen-bond donors (Lipinski definition) is 1. The van der Waals surface area contributed by atoms with Gasteiger partial charge in [0.1, 0.15) is 0 Å². The summed E-state index contributed by atoms with van der Waals surface area (Å²) in [4.78, 5) is 24.2. The van der Waals surface area contributed by atoms with Gasteiger partial charge in [0, 0.05) is 24.6 Å². The molecule has 2 rings (SSSR count). The maximum atomic E-state index is 13.0. The van der Waals surface area contributed by atoms with Gasteiger partial charge in [-0.05, 0) is 42.3 Å². The first kappa shape index (κ1) is 22.8. The number of carbonyl (C=O) groups is 2. The Balaban J connectivity index is 2.39. The maximum Gasteiger partial charge on any atom is 0.216 e. The van der Waals surface area contributed by atoms with Crippen molar-refractivity contribution >= 4 is 17.8 Å². The normalized spacial score (nSPS) is 10.6. The fraction of sp³-hybridized carbons (Fsp3) is 0.304. The van der Waals surface area contributed by atoms with E-state index in [1.165, 1.54) is 27.2 Å². The molecule has 0 spiro atoms. The summed E-state index contributed by atoms with van der Waals surface area (Å²) in [7, 11) is 6.15. The number of carbonyl (C=O) groups excluding carboxylic acids is 2. The van der Waals surface area contributed by atoms with E-state index in [1.54, 1.807) is 38.5 Å². The molecule has 7 heteroatoms. The fourth-order valence-corrected chi connectivity index (χ4v) is 3.03. The van der Waals surface area contributed by atoms with Crippen molar-refractivity contribution in [3.05, 3.63) is 53.1 Å². The summed E-state index contributed by atoms with van der Waals surface area (Å²) in [6.07, 6.45) is 3.62. The van der Waals surface area contributed by atoms with Gasteiger partial charge in [0.2, 0.25) is 5.91 Å². The summed E-state index contributed by atoms with van der Waals surface area (Å²) in [6.45, 7) is 1.85. The molecule has 0 aromatic heterocycles. The number of methoxy groups -OCH3 is 4. The van der Waals surface area contributed by atoms with Crippen LogP contribution in [0.25, 0.3) is 6.08 Å². The van der Waals surface area contributed by atoms with Gasteiger partial charge in [-0.1, -0.05) is 12.1 Å². The van der Waals surface area contributed by atoms with Crippen LogP contribution in [0.4, 0.5) is 0 Å². The van der Waals surface area contributed by atoms with Crippen LogP contribution in [-0.4, -0.2) is 46.7 Å². The first-order valence-electron chi connectivity index (χ1n) is 9.37. The number of ketones is 1. The molecular formula is C23H27NO6. The number of para-hydroxylation sites is 1. The molecule has 0 aliphatic carbocycles. The van der Waals surface area contributed by atoms with Crippen LogP contribution >= 0.6 is 0 Å². The molecule has 160 valence electrons. The van der Waals surface area contributed by atoms with Crippen molar-refractivity contribution in [2.24, 2.45) is 0 Å². The Morgan fingerprint density at radius 3 is 2.20 bits per heavy atom. The second-order valence-corrected chi connectivity index (χ2v) is 6.38. The molecule has 0 heterocycles. The van der Waals surface area contributed by atoms with E-state index in [0.29, 0.717) is 47.1 Å². The van der Waals surface area contributed by atoms with Crippen molar-refractivity contribution in [2.75, 3.05) is 35.0 Å². The average molecular weight is 413 g/mol. The van der Waals surface area contributed by atoms with Crippen LogP contribution in [0, 0.1) is 0 Å². The highest BCUT2D eigenvalue weighted by molar-refractivity contribution is 6.08. The largest absolute Gasteiger partial charge is 0.493 e. The zero-order valence-electron chi connectivity index (χ0n) is 17.9. The van der Waals surface area contributed by atoms with Gasteiger partial charge in [-0.3, -0.25) is 9.59 Å². The predicted molar refractivity (Wildman–Crippen MR) is 115 cm³/mol. The van der Waals surface area contributed by atoms with Crippen molar-refractivity contribution in [3.63, 3.8) is 0 Å². The highest BCUT2D eigenvalue weighted by Crippen LogP contribution is 2.33. The van der Waals surface area contributed by atoms with Gasteiger partial charge in [-0.2, -0.15) is 0 Å². The van der Waals surface area contributed by atoms with E-state index in [2.05, 4.69) is 5.32 Å². The summed E-state index contributed by atoms with van der Waals surface area (Å²) in [5, 5.41) is 2.74. The molecule has 0 aliphatic heterocycles. The molecule has 0 atom stereocenters. The molecule has 1 amide bonds. The lowest BCUT2D eigenvalue weighted by molar-refractivity contribution is -0.118. The van der Waals surface area contributed by atoms with Crippen LogP contribution in [0.1, 0.15) is 28.4 Å². The molecule has 7 nitrogen and oxygen atoms in total. The molecular weight excluding hydrogens is 386 g/mol. The van der Waals surface area contributed by atoms with Crippen molar-refractivity contribution in [3.8, 4) is 23.0 Å². The number of benzene rings is 2. The highest BCUT2D eigenvalue weighted by atomic mass is 16.5. The quantitative estimate of drug-likeness (QED) is 0.475. The first-order valence-corrected chi connectivity index (χ1v) is 9.37. The molecule has 0 bridgehead atoms. The summed E-state index contributed by atoms with van der Waals surface area (Å²) in [5.41, 5.74) is 1.93. The Morgan fingerprint density at radius 1 is 0.933 bits per heavy atom. The second-order valence-electron chi connectivity index (χ2n) is 6.38. The molecule has 0 saturated heterocycles. The molecule has 30 heavy (non-hydrogen) atoms. The third-order valence-corrected chi connectivity index (χ3v) is 4.49. The van der Waals surface area contributed by atoms with Crippen molar-refractivity contribution < 1.29 is 28.5 Å². The minimum atomic E-state index is -0.210. The van der Waals surface area contributed by atoms with Crippen LogP contribution in [0.2, 0.25) is 0 Å². The summed E-state index contributed by atoms with van der Waals surface area (Å²) in [5.74, 6) is 1.75. The molecule has 0 fully saturated rings. The van der Waals surface area contributed by atoms with E-state index in [1.807, 2.05) is 12.1 Å².